The average Bonchev–Trinajstić information content (AvgIpc) is 2.84. The summed E-state index contributed by atoms with van der Waals surface area (Å²) < 4.78 is 0. The predicted octanol–water partition coefficient (Wildman–Crippen LogP) is 2.73. The second kappa shape index (κ2) is 5.93. The van der Waals surface area contributed by atoms with Gasteiger partial charge in [-0.25, -0.2) is 0 Å². The summed E-state index contributed by atoms with van der Waals surface area (Å²) >= 11 is 6.21. The summed E-state index contributed by atoms with van der Waals surface area (Å²) in [6.45, 7) is 0.363. The van der Waals surface area contributed by atoms with Gasteiger partial charge in [0.2, 0.25) is 5.91 Å². The van der Waals surface area contributed by atoms with Gasteiger partial charge in [0.15, 0.2) is 0 Å². The maximum absolute atomic E-state index is 12.3. The van der Waals surface area contributed by atoms with Crippen LogP contribution in [-0.4, -0.2) is 35.1 Å². The Morgan fingerprint density at radius 1 is 1.37 bits per heavy atom. The van der Waals surface area contributed by atoms with Crippen molar-refractivity contribution in [3.63, 3.8) is 0 Å². The second-order valence-electron chi connectivity index (χ2n) is 5.40. The molecule has 0 aromatic heterocycles. The largest absolute Gasteiger partial charge is 0.388 e. The van der Waals surface area contributed by atoms with Crippen molar-refractivity contribution in [1.82, 2.24) is 4.90 Å². The van der Waals surface area contributed by atoms with Gasteiger partial charge in [-0.2, -0.15) is 0 Å². The van der Waals surface area contributed by atoms with Crippen LogP contribution in [0.3, 0.4) is 0 Å². The van der Waals surface area contributed by atoms with Gasteiger partial charge in [0.25, 0.3) is 0 Å². The minimum atomic E-state index is -0.724. The molecular formula is C15H20ClNO2. The molecule has 2 rings (SSSR count). The zero-order valence-corrected chi connectivity index (χ0v) is 11.9. The molecule has 1 unspecified atom stereocenters. The van der Waals surface area contributed by atoms with E-state index in [2.05, 4.69) is 0 Å². The second-order valence-corrected chi connectivity index (χ2v) is 5.84. The van der Waals surface area contributed by atoms with E-state index in [1.54, 1.807) is 11.9 Å². The van der Waals surface area contributed by atoms with Gasteiger partial charge in [-0.1, -0.05) is 43.2 Å². The number of aliphatic hydroxyl groups is 1. The maximum atomic E-state index is 12.3. The molecule has 0 heterocycles. The lowest BCUT2D eigenvalue weighted by Gasteiger charge is -2.29. The van der Waals surface area contributed by atoms with Gasteiger partial charge < -0.3 is 10.0 Å². The van der Waals surface area contributed by atoms with Crippen LogP contribution in [-0.2, 0) is 4.79 Å². The summed E-state index contributed by atoms with van der Waals surface area (Å²) in [5.74, 6) is -0.159. The van der Waals surface area contributed by atoms with Gasteiger partial charge in [-0.15, -0.1) is 11.6 Å². The van der Waals surface area contributed by atoms with Gasteiger partial charge in [-0.3, -0.25) is 4.79 Å². The third-order valence-corrected chi connectivity index (χ3v) is 4.19. The smallest absolute Gasteiger partial charge is 0.245 e. The first-order chi connectivity index (χ1) is 9.02. The van der Waals surface area contributed by atoms with Crippen molar-refractivity contribution in [1.29, 1.82) is 0 Å². The third-order valence-electron chi connectivity index (χ3n) is 3.75. The van der Waals surface area contributed by atoms with E-state index in [0.29, 0.717) is 6.54 Å². The molecule has 0 spiro atoms. The summed E-state index contributed by atoms with van der Waals surface area (Å²) in [5, 5.41) is 9.64. The molecule has 104 valence electrons. The Labute approximate surface area is 119 Å². The van der Waals surface area contributed by atoms with E-state index >= 15 is 0 Å². The number of likely N-dealkylation sites (N-methyl/N-ethyl adjacent to an activating group) is 1. The molecule has 0 saturated heterocycles. The van der Waals surface area contributed by atoms with Crippen LogP contribution >= 0.6 is 11.6 Å². The summed E-state index contributed by atoms with van der Waals surface area (Å²) in [6.07, 6.45) is 3.59. The minimum absolute atomic E-state index is 0.159. The van der Waals surface area contributed by atoms with Crippen LogP contribution in [0.25, 0.3) is 0 Å². The van der Waals surface area contributed by atoms with Crippen LogP contribution in [0, 0.1) is 0 Å². The SMILES string of the molecule is CN(CC1(O)CCCC1)C(=O)C(Cl)c1ccccc1. The Hall–Kier alpha value is -1.06. The fourth-order valence-corrected chi connectivity index (χ4v) is 2.98. The molecule has 1 aliphatic carbocycles. The Balaban J connectivity index is 1.99. The Kier molecular flexibility index (Phi) is 4.48. The third kappa shape index (κ3) is 3.48. The van der Waals surface area contributed by atoms with Gasteiger partial charge in [0.05, 0.1) is 5.60 Å². The molecule has 1 N–H and O–H groups in total. The molecule has 4 heteroatoms. The topological polar surface area (TPSA) is 40.5 Å². The number of benzene rings is 1. The molecule has 1 aliphatic rings. The number of carbonyl (C=O) groups is 1. The molecule has 19 heavy (non-hydrogen) atoms. The summed E-state index contributed by atoms with van der Waals surface area (Å²) in [6, 6.07) is 9.30. The number of carbonyl (C=O) groups excluding carboxylic acids is 1. The van der Waals surface area contributed by atoms with Crippen molar-refractivity contribution < 1.29 is 9.90 Å². The van der Waals surface area contributed by atoms with Gasteiger partial charge in [0.1, 0.15) is 5.38 Å². The highest BCUT2D eigenvalue weighted by Crippen LogP contribution is 2.31. The van der Waals surface area contributed by atoms with E-state index in [9.17, 15) is 9.90 Å². The highest BCUT2D eigenvalue weighted by atomic mass is 35.5. The van der Waals surface area contributed by atoms with Gasteiger partial charge in [-0.05, 0) is 18.4 Å². The van der Waals surface area contributed by atoms with Crippen molar-refractivity contribution in [2.75, 3.05) is 13.6 Å². The first-order valence-corrected chi connectivity index (χ1v) is 7.12. The monoisotopic (exact) mass is 281 g/mol. The average molecular weight is 282 g/mol. The quantitative estimate of drug-likeness (QED) is 0.862. The van der Waals surface area contributed by atoms with Crippen LogP contribution in [0.2, 0.25) is 0 Å². The lowest BCUT2D eigenvalue weighted by atomic mass is 10.0. The predicted molar refractivity (Wildman–Crippen MR) is 76.1 cm³/mol. The molecule has 1 fully saturated rings. The highest BCUT2D eigenvalue weighted by Gasteiger charge is 2.34. The number of rotatable bonds is 4. The minimum Gasteiger partial charge on any atom is -0.388 e. The van der Waals surface area contributed by atoms with E-state index in [1.807, 2.05) is 30.3 Å². The zero-order valence-electron chi connectivity index (χ0n) is 11.2. The fraction of sp³-hybridized carbons (Fsp3) is 0.533. The first-order valence-electron chi connectivity index (χ1n) is 6.68. The van der Waals surface area contributed by atoms with Crippen LogP contribution in [0.1, 0.15) is 36.6 Å². The molecule has 1 amide bonds. The van der Waals surface area contributed by atoms with Crippen molar-refractivity contribution in [2.24, 2.45) is 0 Å². The maximum Gasteiger partial charge on any atom is 0.245 e. The highest BCUT2D eigenvalue weighted by molar-refractivity contribution is 6.30. The molecule has 1 aromatic rings. The molecule has 0 aliphatic heterocycles. The van der Waals surface area contributed by atoms with Crippen molar-refractivity contribution in [3.8, 4) is 0 Å². The number of hydrogen-bond donors (Lipinski definition) is 1. The Morgan fingerprint density at radius 2 is 1.95 bits per heavy atom. The van der Waals surface area contributed by atoms with E-state index in [-0.39, 0.29) is 5.91 Å². The normalized spacial score (nSPS) is 19.1. The zero-order chi connectivity index (χ0) is 13.9. The molecule has 1 saturated carbocycles. The lowest BCUT2D eigenvalue weighted by Crippen LogP contribution is -2.43. The molecule has 0 radical (unpaired) electrons. The van der Waals surface area contributed by atoms with E-state index in [0.717, 1.165) is 31.2 Å². The number of amides is 1. The van der Waals surface area contributed by atoms with Gasteiger partial charge >= 0.3 is 0 Å². The van der Waals surface area contributed by atoms with Gasteiger partial charge in [0, 0.05) is 13.6 Å². The lowest BCUT2D eigenvalue weighted by molar-refractivity contribution is -0.132. The van der Waals surface area contributed by atoms with E-state index < -0.39 is 11.0 Å². The number of alkyl halides is 1. The number of nitrogens with zero attached hydrogens (tertiary/aromatic N) is 1. The van der Waals surface area contributed by atoms with Crippen LogP contribution in [0.15, 0.2) is 30.3 Å². The first kappa shape index (κ1) is 14.4. The fourth-order valence-electron chi connectivity index (χ4n) is 2.67. The van der Waals surface area contributed by atoms with Crippen molar-refractivity contribution >= 4 is 17.5 Å². The van der Waals surface area contributed by atoms with E-state index in [1.165, 1.54) is 0 Å². The Bertz CT molecular complexity index is 429. The van der Waals surface area contributed by atoms with Crippen LogP contribution in [0.5, 0.6) is 0 Å². The summed E-state index contributed by atoms with van der Waals surface area (Å²) in [4.78, 5) is 13.8. The molecule has 3 nitrogen and oxygen atoms in total. The van der Waals surface area contributed by atoms with Crippen molar-refractivity contribution in [3.05, 3.63) is 35.9 Å². The standard InChI is InChI=1S/C15H20ClNO2/c1-17(11-15(19)9-5-6-10-15)14(18)13(16)12-7-3-2-4-8-12/h2-4,7-8,13,19H,5-6,9-11H2,1H3. The van der Waals surface area contributed by atoms with Crippen LogP contribution in [0.4, 0.5) is 0 Å². The molecule has 0 bridgehead atoms. The molecule has 1 atom stereocenters. The van der Waals surface area contributed by atoms with E-state index in [4.69, 9.17) is 11.6 Å². The molecule has 1 aromatic carbocycles. The number of hydrogen-bond acceptors (Lipinski definition) is 2. The van der Waals surface area contributed by atoms with Crippen LogP contribution < -0.4 is 0 Å². The van der Waals surface area contributed by atoms with Crippen molar-refractivity contribution in [2.45, 2.75) is 36.7 Å². The number of halogens is 1. The summed E-state index contributed by atoms with van der Waals surface area (Å²) in [5.41, 5.74) is 0.0666. The molecular weight excluding hydrogens is 262 g/mol. The summed E-state index contributed by atoms with van der Waals surface area (Å²) in [7, 11) is 1.71. The Morgan fingerprint density at radius 3 is 2.53 bits per heavy atom.